The zero-order valence-electron chi connectivity index (χ0n) is 8.43. The van der Waals surface area contributed by atoms with Gasteiger partial charge in [0.05, 0.1) is 12.3 Å². The summed E-state index contributed by atoms with van der Waals surface area (Å²) in [6.07, 6.45) is 0.544. The summed E-state index contributed by atoms with van der Waals surface area (Å²) >= 11 is 0. The van der Waals surface area contributed by atoms with Crippen LogP contribution < -0.4 is 11.5 Å². The van der Waals surface area contributed by atoms with Crippen LogP contribution in [-0.4, -0.2) is 34.9 Å². The lowest BCUT2D eigenvalue weighted by Crippen LogP contribution is -2.33. The van der Waals surface area contributed by atoms with Crippen molar-refractivity contribution in [2.75, 3.05) is 6.54 Å². The lowest BCUT2D eigenvalue weighted by atomic mass is 10.4. The van der Waals surface area contributed by atoms with E-state index in [2.05, 4.69) is 10.2 Å². The van der Waals surface area contributed by atoms with Gasteiger partial charge in [-0.1, -0.05) is 0 Å². The fourth-order valence-corrected chi connectivity index (χ4v) is 1.20. The molecule has 1 fully saturated rings. The van der Waals surface area contributed by atoms with Gasteiger partial charge in [0.15, 0.2) is 0 Å². The molecule has 0 spiro atoms. The van der Waals surface area contributed by atoms with Gasteiger partial charge >= 0.3 is 0 Å². The maximum Gasteiger partial charge on any atom is 0.230 e. The van der Waals surface area contributed by atoms with E-state index in [1.54, 1.807) is 6.92 Å². The van der Waals surface area contributed by atoms with Gasteiger partial charge in [0.2, 0.25) is 17.8 Å². The van der Waals surface area contributed by atoms with Crippen LogP contribution in [0.5, 0.6) is 0 Å². The van der Waals surface area contributed by atoms with Gasteiger partial charge in [-0.15, -0.1) is 5.10 Å². The molecule has 0 atom stereocenters. The Hall–Kier alpha value is -1.92. The molecule has 0 radical (unpaired) electrons. The molecule has 4 N–H and O–H groups in total. The Kier molecular flexibility index (Phi) is 3.37. The van der Waals surface area contributed by atoms with Crippen LogP contribution in [-0.2, 0) is 9.59 Å². The SMILES string of the molecule is C/C(CN1C(=O)CCC1=O)=N/N=C(N)N. The molecule has 15 heavy (non-hydrogen) atoms. The highest BCUT2D eigenvalue weighted by molar-refractivity contribution is 6.05. The van der Waals surface area contributed by atoms with E-state index in [0.717, 1.165) is 4.90 Å². The van der Waals surface area contributed by atoms with Gasteiger partial charge in [0.25, 0.3) is 0 Å². The second-order valence-electron chi connectivity index (χ2n) is 3.23. The third-order valence-corrected chi connectivity index (χ3v) is 1.88. The van der Waals surface area contributed by atoms with E-state index in [4.69, 9.17) is 11.5 Å². The van der Waals surface area contributed by atoms with Crippen molar-refractivity contribution in [3.05, 3.63) is 0 Å². The first kappa shape index (κ1) is 11.2. The average molecular weight is 211 g/mol. The van der Waals surface area contributed by atoms with Crippen LogP contribution in [0, 0.1) is 0 Å². The molecule has 1 aliphatic heterocycles. The van der Waals surface area contributed by atoms with Crippen LogP contribution in [0.15, 0.2) is 10.2 Å². The summed E-state index contributed by atoms with van der Waals surface area (Å²) in [6.45, 7) is 1.79. The maximum absolute atomic E-state index is 11.2. The third-order valence-electron chi connectivity index (χ3n) is 1.88. The molecule has 7 nitrogen and oxygen atoms in total. The molecule has 1 aliphatic rings. The van der Waals surface area contributed by atoms with E-state index >= 15 is 0 Å². The number of carbonyl (C=O) groups excluding carboxylic acids is 2. The van der Waals surface area contributed by atoms with E-state index in [1.807, 2.05) is 0 Å². The molecule has 1 heterocycles. The number of hydrogen-bond acceptors (Lipinski definition) is 4. The van der Waals surface area contributed by atoms with Gasteiger partial charge in [0, 0.05) is 12.8 Å². The second kappa shape index (κ2) is 4.54. The van der Waals surface area contributed by atoms with Crippen molar-refractivity contribution < 1.29 is 9.59 Å². The second-order valence-corrected chi connectivity index (χ2v) is 3.23. The highest BCUT2D eigenvalue weighted by Gasteiger charge is 2.28. The van der Waals surface area contributed by atoms with Crippen LogP contribution in [0.3, 0.4) is 0 Å². The number of nitrogens with zero attached hydrogens (tertiary/aromatic N) is 3. The standard InChI is InChI=1S/C8H13N5O2/c1-5(11-12-8(9)10)4-13-6(14)2-3-7(13)15/h2-4H2,1H3,(H4,9,10,12)/b11-5-. The number of rotatable bonds is 3. The van der Waals surface area contributed by atoms with Crippen molar-refractivity contribution in [2.24, 2.45) is 21.7 Å². The fourth-order valence-electron chi connectivity index (χ4n) is 1.20. The molecule has 0 aromatic heterocycles. The van der Waals surface area contributed by atoms with Crippen molar-refractivity contribution in [1.29, 1.82) is 0 Å². The smallest absolute Gasteiger partial charge is 0.230 e. The molecule has 0 aliphatic carbocycles. The summed E-state index contributed by atoms with van der Waals surface area (Å²) < 4.78 is 0. The molecule has 1 saturated heterocycles. The first-order valence-corrected chi connectivity index (χ1v) is 4.46. The molecule has 7 heteroatoms. The summed E-state index contributed by atoms with van der Waals surface area (Å²) in [4.78, 5) is 23.6. The largest absolute Gasteiger partial charge is 0.369 e. The topological polar surface area (TPSA) is 114 Å². The van der Waals surface area contributed by atoms with Crippen LogP contribution in [0.25, 0.3) is 0 Å². The highest BCUT2D eigenvalue weighted by atomic mass is 16.2. The minimum absolute atomic E-state index is 0.147. The third kappa shape index (κ3) is 3.04. The quantitative estimate of drug-likeness (QED) is 0.263. The predicted molar refractivity (Wildman–Crippen MR) is 54.9 cm³/mol. The number of hydrogen-bond donors (Lipinski definition) is 2. The van der Waals surface area contributed by atoms with Crippen molar-refractivity contribution in [3.8, 4) is 0 Å². The van der Waals surface area contributed by atoms with E-state index in [-0.39, 0.29) is 37.2 Å². The van der Waals surface area contributed by atoms with Gasteiger partial charge in [0.1, 0.15) is 0 Å². The molecule has 2 amide bonds. The number of likely N-dealkylation sites (tertiary alicyclic amines) is 1. The Bertz CT molecular complexity index is 327. The maximum atomic E-state index is 11.2. The molecule has 0 unspecified atom stereocenters. The molecular formula is C8H13N5O2. The lowest BCUT2D eigenvalue weighted by molar-refractivity contribution is -0.137. The highest BCUT2D eigenvalue weighted by Crippen LogP contribution is 2.11. The molecular weight excluding hydrogens is 198 g/mol. The Morgan fingerprint density at radius 2 is 1.80 bits per heavy atom. The monoisotopic (exact) mass is 211 g/mol. The van der Waals surface area contributed by atoms with Crippen LogP contribution >= 0.6 is 0 Å². The molecule has 0 aromatic rings. The van der Waals surface area contributed by atoms with Crippen molar-refractivity contribution >= 4 is 23.5 Å². The molecule has 0 saturated carbocycles. The Balaban J connectivity index is 2.61. The Morgan fingerprint density at radius 1 is 1.27 bits per heavy atom. The Morgan fingerprint density at radius 3 is 2.27 bits per heavy atom. The van der Waals surface area contributed by atoms with Crippen LogP contribution in [0.1, 0.15) is 19.8 Å². The molecule has 0 aromatic carbocycles. The number of guanidine groups is 1. The molecule has 1 rings (SSSR count). The first-order valence-electron chi connectivity index (χ1n) is 4.46. The van der Waals surface area contributed by atoms with E-state index in [0.29, 0.717) is 5.71 Å². The summed E-state index contributed by atoms with van der Waals surface area (Å²) in [5.74, 6) is -0.521. The van der Waals surface area contributed by atoms with Gasteiger partial charge in [-0.05, 0) is 6.92 Å². The average Bonchev–Trinajstić information content (AvgIpc) is 2.46. The van der Waals surface area contributed by atoms with Gasteiger partial charge in [-0.3, -0.25) is 14.5 Å². The predicted octanol–water partition coefficient (Wildman–Crippen LogP) is -1.22. The van der Waals surface area contributed by atoms with E-state index < -0.39 is 0 Å². The number of carbonyl (C=O) groups is 2. The molecule has 82 valence electrons. The fraction of sp³-hybridized carbons (Fsp3) is 0.500. The summed E-state index contributed by atoms with van der Waals surface area (Å²) in [7, 11) is 0. The summed E-state index contributed by atoms with van der Waals surface area (Å²) in [5, 5.41) is 7.09. The van der Waals surface area contributed by atoms with Gasteiger partial charge in [-0.2, -0.15) is 5.10 Å². The zero-order chi connectivity index (χ0) is 11.4. The van der Waals surface area contributed by atoms with E-state index in [1.165, 1.54) is 0 Å². The zero-order valence-corrected chi connectivity index (χ0v) is 8.43. The van der Waals surface area contributed by atoms with Gasteiger partial charge in [-0.25, -0.2) is 0 Å². The van der Waals surface area contributed by atoms with Crippen LogP contribution in [0.4, 0.5) is 0 Å². The van der Waals surface area contributed by atoms with Crippen molar-refractivity contribution in [3.63, 3.8) is 0 Å². The first-order chi connectivity index (χ1) is 7.00. The normalized spacial score (nSPS) is 17.1. The number of imide groups is 1. The van der Waals surface area contributed by atoms with Crippen LogP contribution in [0.2, 0.25) is 0 Å². The van der Waals surface area contributed by atoms with Gasteiger partial charge < -0.3 is 11.5 Å². The van der Waals surface area contributed by atoms with Crippen molar-refractivity contribution in [1.82, 2.24) is 4.90 Å². The minimum Gasteiger partial charge on any atom is -0.369 e. The lowest BCUT2D eigenvalue weighted by Gasteiger charge is -2.11. The van der Waals surface area contributed by atoms with E-state index in [9.17, 15) is 9.59 Å². The number of amides is 2. The number of nitrogens with two attached hydrogens (primary N) is 2. The Labute approximate surface area is 86.8 Å². The van der Waals surface area contributed by atoms with Crippen molar-refractivity contribution in [2.45, 2.75) is 19.8 Å². The minimum atomic E-state index is -0.181. The summed E-state index contributed by atoms with van der Waals surface area (Å²) in [5.41, 5.74) is 10.7. The molecule has 0 bridgehead atoms. The summed E-state index contributed by atoms with van der Waals surface area (Å²) in [6, 6.07) is 0.